The van der Waals surface area contributed by atoms with E-state index in [0.29, 0.717) is 29.4 Å². The van der Waals surface area contributed by atoms with Gasteiger partial charge < -0.3 is 9.84 Å². The Kier molecular flexibility index (Phi) is 16.8. The highest BCUT2D eigenvalue weighted by molar-refractivity contribution is 5.87. The molecule has 5 heteroatoms. The lowest BCUT2D eigenvalue weighted by molar-refractivity contribution is -0.136. The predicted molar refractivity (Wildman–Crippen MR) is 200 cm³/mol. The van der Waals surface area contributed by atoms with Gasteiger partial charge in [0.1, 0.15) is 17.3 Å². The monoisotopic (exact) mass is 662 g/mol. The molecule has 2 fully saturated rings. The van der Waals surface area contributed by atoms with Gasteiger partial charge in [-0.15, -0.1) is 0 Å². The summed E-state index contributed by atoms with van der Waals surface area (Å²) < 4.78 is 22.1. The lowest BCUT2D eigenvalue weighted by atomic mass is 9.76. The van der Waals surface area contributed by atoms with Gasteiger partial charge in [-0.05, 0) is 108 Å². The van der Waals surface area contributed by atoms with Crippen LogP contribution in [0.3, 0.4) is 0 Å². The van der Waals surface area contributed by atoms with Crippen molar-refractivity contribution in [2.75, 3.05) is 0 Å². The van der Waals surface area contributed by atoms with E-state index in [2.05, 4.69) is 34.3 Å². The fraction of sp³-hybridized carbons (Fsp3) is 0.581. The van der Waals surface area contributed by atoms with Crippen LogP contribution in [0, 0.1) is 23.1 Å². The van der Waals surface area contributed by atoms with Gasteiger partial charge in [0.25, 0.3) is 0 Å². The Morgan fingerprint density at radius 2 is 1.73 bits per heavy atom. The van der Waals surface area contributed by atoms with Crippen LogP contribution in [-0.4, -0.2) is 23.0 Å². The summed E-state index contributed by atoms with van der Waals surface area (Å²) >= 11 is 0. The van der Waals surface area contributed by atoms with Gasteiger partial charge in [-0.1, -0.05) is 106 Å². The number of allylic oxidation sites excluding steroid dienone is 2. The molecular weight excluding hydrogens is 599 g/mol. The largest absolute Gasteiger partial charge is 0.490 e. The summed E-state index contributed by atoms with van der Waals surface area (Å²) in [5.41, 5.74) is 4.75. The first-order valence-electron chi connectivity index (χ1n) is 18.6. The number of aliphatic carboxylic acids is 1. The van der Waals surface area contributed by atoms with E-state index in [9.17, 15) is 14.7 Å². The number of carbonyl (C=O) groups excluding carboxylic acids is 1. The van der Waals surface area contributed by atoms with Crippen LogP contribution in [-0.2, 0) is 9.59 Å². The molecule has 2 aliphatic carbocycles. The molecule has 0 saturated heterocycles. The number of Topliss-reactive ketones (excluding diaryl/α,β-unsaturated/α-hetero) is 1. The Labute approximate surface area is 291 Å². The fourth-order valence-corrected chi connectivity index (χ4v) is 6.92. The smallest absolute Gasteiger partial charge is 0.307 e. The van der Waals surface area contributed by atoms with Crippen molar-refractivity contribution in [1.82, 2.24) is 0 Å². The van der Waals surface area contributed by atoms with Crippen LogP contribution in [0.2, 0.25) is 0 Å². The molecule has 0 bridgehead atoms. The Morgan fingerprint density at radius 3 is 2.31 bits per heavy atom. The molecule has 4 rings (SSSR count). The van der Waals surface area contributed by atoms with E-state index < -0.39 is 5.97 Å². The first-order valence-corrected chi connectivity index (χ1v) is 18.6. The van der Waals surface area contributed by atoms with E-state index in [4.69, 9.17) is 4.74 Å². The summed E-state index contributed by atoms with van der Waals surface area (Å²) in [6.07, 6.45) is 10.8. The van der Waals surface area contributed by atoms with Gasteiger partial charge in [-0.2, -0.15) is 0 Å². The Bertz CT molecular complexity index is 1380. The highest BCUT2D eigenvalue weighted by atomic mass is 19.1. The third-order valence-corrected chi connectivity index (χ3v) is 9.94. The van der Waals surface area contributed by atoms with Crippen molar-refractivity contribution in [2.24, 2.45) is 17.3 Å². The topological polar surface area (TPSA) is 63.6 Å². The zero-order valence-corrected chi connectivity index (χ0v) is 31.4. The number of hydrogen-bond acceptors (Lipinski definition) is 3. The van der Waals surface area contributed by atoms with Gasteiger partial charge in [0.05, 0.1) is 12.5 Å². The molecule has 2 saturated carbocycles. The lowest BCUT2D eigenvalue weighted by Crippen LogP contribution is -2.22. The normalized spacial score (nSPS) is 18.4. The zero-order valence-electron chi connectivity index (χ0n) is 31.4. The van der Waals surface area contributed by atoms with Gasteiger partial charge in [0.15, 0.2) is 0 Å². The second-order valence-corrected chi connectivity index (χ2v) is 14.0. The number of hydrogen-bond donors (Lipinski definition) is 1. The molecule has 1 N–H and O–H groups in total. The number of carboxylic acids is 1. The van der Waals surface area contributed by atoms with Crippen LogP contribution in [0.15, 0.2) is 54.6 Å². The van der Waals surface area contributed by atoms with Crippen LogP contribution in [0.25, 0.3) is 16.7 Å². The average Bonchev–Trinajstić information content (AvgIpc) is 3.48. The van der Waals surface area contributed by atoms with Crippen LogP contribution in [0.5, 0.6) is 5.75 Å². The lowest BCUT2D eigenvalue weighted by Gasteiger charge is -2.29. The fourth-order valence-electron chi connectivity index (χ4n) is 6.92. The third-order valence-electron chi connectivity index (χ3n) is 9.94. The summed E-state index contributed by atoms with van der Waals surface area (Å²) in [5, 5.41) is 9.44. The SMILES string of the molecule is C=C(CC(=O)O)/C(=C\CC)c1ccc(O[C@@H]2CC[C@@H](CC(=O)C(C)CC(C)(C)CC)C2)c(-c2cccc(F)c2C2CCC2)c1.CC.CC. The number of ether oxygens (including phenoxy) is 1. The molecule has 0 aliphatic heterocycles. The molecule has 0 heterocycles. The van der Waals surface area contributed by atoms with Crippen LogP contribution >= 0.6 is 0 Å². The number of carboxylic acid groups (broad SMARTS) is 1. The van der Waals surface area contributed by atoms with Crippen molar-refractivity contribution in [3.63, 3.8) is 0 Å². The standard InChI is InChI=1S/C39H51FO4.2C2H6/c1-7-11-31(25(3)20-37(42)43)29-17-19-36(33(23-29)32-14-10-15-34(40)38(32)28-12-9-13-28)44-30-18-16-27(21-30)22-35(41)26(4)24-39(5,6)8-2;2*1-2/h10-11,14-15,17,19,23,26-28,30H,3,7-9,12-13,16,18,20-22,24H2,1-2,4-6H3,(H,42,43);2*1-2H3/b31-11+;;/t26?,27-,30-;;/m1../s1. The highest BCUT2D eigenvalue weighted by Gasteiger charge is 2.32. The molecule has 48 heavy (non-hydrogen) atoms. The van der Waals surface area contributed by atoms with Gasteiger partial charge in [0.2, 0.25) is 0 Å². The van der Waals surface area contributed by atoms with Crippen molar-refractivity contribution in [3.8, 4) is 16.9 Å². The van der Waals surface area contributed by atoms with Gasteiger partial charge in [0, 0.05) is 17.9 Å². The average molecular weight is 663 g/mol. The molecular formula is C43H63FO4. The summed E-state index contributed by atoms with van der Waals surface area (Å²) in [6.45, 7) is 22.8. The quantitative estimate of drug-likeness (QED) is 0.193. The molecule has 1 unspecified atom stereocenters. The Morgan fingerprint density at radius 1 is 1.04 bits per heavy atom. The summed E-state index contributed by atoms with van der Waals surface area (Å²) in [4.78, 5) is 24.6. The number of ketones is 1. The summed E-state index contributed by atoms with van der Waals surface area (Å²) in [6, 6.07) is 11.2. The molecule has 2 aromatic carbocycles. The van der Waals surface area contributed by atoms with Crippen molar-refractivity contribution < 1.29 is 23.8 Å². The van der Waals surface area contributed by atoms with E-state index >= 15 is 4.39 Å². The van der Waals surface area contributed by atoms with E-state index in [1.54, 1.807) is 12.1 Å². The zero-order chi connectivity index (χ0) is 36.0. The third kappa shape index (κ3) is 11.2. The maximum atomic E-state index is 15.4. The Hall–Kier alpha value is -3.21. The second kappa shape index (κ2) is 19.7. The first kappa shape index (κ1) is 41.0. The van der Waals surface area contributed by atoms with Crippen molar-refractivity contribution in [1.29, 1.82) is 0 Å². The molecule has 0 spiro atoms. The van der Waals surface area contributed by atoms with Crippen LogP contribution in [0.4, 0.5) is 4.39 Å². The number of rotatable bonds is 15. The minimum Gasteiger partial charge on any atom is -0.490 e. The molecule has 2 aromatic rings. The maximum absolute atomic E-state index is 15.4. The molecule has 0 amide bonds. The van der Waals surface area contributed by atoms with Crippen molar-refractivity contribution >= 4 is 17.3 Å². The van der Waals surface area contributed by atoms with Gasteiger partial charge in [-0.25, -0.2) is 4.39 Å². The van der Waals surface area contributed by atoms with Crippen molar-refractivity contribution in [2.45, 2.75) is 145 Å². The maximum Gasteiger partial charge on any atom is 0.307 e. The first-order chi connectivity index (χ1) is 22.9. The molecule has 3 atom stereocenters. The van der Waals surface area contributed by atoms with Gasteiger partial charge >= 0.3 is 5.97 Å². The number of halogens is 1. The minimum absolute atomic E-state index is 0.0202. The molecule has 4 nitrogen and oxygen atoms in total. The van der Waals surface area contributed by atoms with Crippen molar-refractivity contribution in [3.05, 3.63) is 71.6 Å². The van der Waals surface area contributed by atoms with E-state index in [0.717, 1.165) is 85.6 Å². The van der Waals surface area contributed by atoms with Crippen LogP contribution in [0.1, 0.15) is 150 Å². The van der Waals surface area contributed by atoms with E-state index in [-0.39, 0.29) is 35.6 Å². The molecule has 0 aromatic heterocycles. The highest BCUT2D eigenvalue weighted by Crippen LogP contribution is 2.46. The number of carbonyl (C=O) groups is 2. The van der Waals surface area contributed by atoms with E-state index in [1.165, 1.54) is 0 Å². The predicted octanol–water partition coefficient (Wildman–Crippen LogP) is 12.6. The van der Waals surface area contributed by atoms with E-state index in [1.807, 2.05) is 65.0 Å². The van der Waals surface area contributed by atoms with Crippen LogP contribution < -0.4 is 4.74 Å². The summed E-state index contributed by atoms with van der Waals surface area (Å²) in [7, 11) is 0. The second-order valence-electron chi connectivity index (χ2n) is 14.0. The minimum atomic E-state index is -0.924. The van der Waals surface area contributed by atoms with Gasteiger partial charge in [-0.3, -0.25) is 9.59 Å². The molecule has 0 radical (unpaired) electrons. The summed E-state index contributed by atoms with van der Waals surface area (Å²) in [5.74, 6) is 0.481. The molecule has 266 valence electrons. The molecule has 2 aliphatic rings. The number of benzene rings is 2. The Balaban J connectivity index is 0.00000193.